The SMILES string of the molecule is Cc1cc2c(cc1C)N(c1cccc(C(C)(C)C)c1)[CH-]N2c1[c-]c(Oc2[c-]c3c(cc2)c2ccccc2n3-c2cc(C(C)(C)C)ccn2)cc(C(C)C)c1.[Pt]. The minimum atomic E-state index is -0.0122. The normalized spacial score (nSPS) is 13.1. The largest absolute Gasteiger partial charge is 0.509 e. The van der Waals surface area contributed by atoms with Gasteiger partial charge >= 0.3 is 0 Å². The van der Waals surface area contributed by atoms with E-state index in [0.717, 1.165) is 50.4 Å². The van der Waals surface area contributed by atoms with Gasteiger partial charge in [0.05, 0.1) is 0 Å². The summed E-state index contributed by atoms with van der Waals surface area (Å²) in [6.07, 6.45) is 1.91. The monoisotopic (exact) mass is 904 g/mol. The maximum Gasteiger partial charge on any atom is 0.135 e. The maximum atomic E-state index is 6.74. The van der Waals surface area contributed by atoms with Gasteiger partial charge < -0.3 is 19.1 Å². The predicted octanol–water partition coefficient (Wildman–Crippen LogP) is 13.3. The Balaban J connectivity index is 0.00000465. The Kier molecular flexibility index (Phi) is 10.0. The summed E-state index contributed by atoms with van der Waals surface area (Å²) in [4.78, 5) is 9.41. The van der Waals surface area contributed by atoms with Crippen molar-refractivity contribution < 1.29 is 25.8 Å². The van der Waals surface area contributed by atoms with Crippen molar-refractivity contribution in [2.45, 2.75) is 86.0 Å². The smallest absolute Gasteiger partial charge is 0.135 e. The van der Waals surface area contributed by atoms with Crippen molar-refractivity contribution in [1.82, 2.24) is 9.55 Å². The Morgan fingerprint density at radius 2 is 1.36 bits per heavy atom. The number of rotatable bonds is 6. The van der Waals surface area contributed by atoms with Crippen LogP contribution in [0.25, 0.3) is 27.6 Å². The van der Waals surface area contributed by atoms with E-state index in [0.29, 0.717) is 11.5 Å². The van der Waals surface area contributed by atoms with E-state index in [1.54, 1.807) is 0 Å². The topological polar surface area (TPSA) is 33.5 Å². The molecule has 0 bridgehead atoms. The van der Waals surface area contributed by atoms with Gasteiger partial charge in [0, 0.05) is 61.3 Å². The fraction of sp³-hybridized carbons (Fsp3) is 0.265. The molecule has 1 aliphatic heterocycles. The van der Waals surface area contributed by atoms with Gasteiger partial charge in [0.2, 0.25) is 0 Å². The summed E-state index contributed by atoms with van der Waals surface area (Å²) in [5, 5.41) is 2.26. The number of hydrogen-bond donors (Lipinski definition) is 0. The van der Waals surface area contributed by atoms with Gasteiger partial charge in [0.1, 0.15) is 5.82 Å². The Labute approximate surface area is 341 Å². The van der Waals surface area contributed by atoms with Crippen LogP contribution in [-0.4, -0.2) is 9.55 Å². The zero-order chi connectivity index (χ0) is 38.1. The summed E-state index contributed by atoms with van der Waals surface area (Å²) in [5.41, 5.74) is 12.5. The third kappa shape index (κ3) is 7.20. The zero-order valence-electron chi connectivity index (χ0n) is 33.5. The molecule has 5 aromatic carbocycles. The van der Waals surface area contributed by atoms with Crippen LogP contribution in [0, 0.1) is 32.6 Å². The number of aromatic nitrogens is 2. The number of ether oxygens (including phenoxy) is 1. The Morgan fingerprint density at radius 1 is 0.673 bits per heavy atom. The maximum absolute atomic E-state index is 6.74. The van der Waals surface area contributed by atoms with Crippen LogP contribution < -0.4 is 14.5 Å². The molecule has 8 rings (SSSR count). The minimum Gasteiger partial charge on any atom is -0.509 e. The van der Waals surface area contributed by atoms with Gasteiger partial charge in [-0.2, -0.15) is 6.07 Å². The molecule has 55 heavy (non-hydrogen) atoms. The first-order valence-electron chi connectivity index (χ1n) is 19.0. The molecule has 6 heteroatoms. The number of fused-ring (bicyclic) bond motifs is 4. The summed E-state index contributed by atoms with van der Waals surface area (Å²) in [6, 6.07) is 42.1. The molecule has 0 atom stereocenters. The quantitative estimate of drug-likeness (QED) is 0.156. The number of para-hydroxylation sites is 1. The molecular weight excluding hydrogens is 856 g/mol. The number of hydrogen-bond acceptors (Lipinski definition) is 4. The van der Waals surface area contributed by atoms with Crippen LogP contribution in [0.2, 0.25) is 0 Å². The van der Waals surface area contributed by atoms with Crippen molar-refractivity contribution in [2.75, 3.05) is 9.80 Å². The molecule has 0 unspecified atom stereocenters. The van der Waals surface area contributed by atoms with Crippen molar-refractivity contribution >= 4 is 44.6 Å². The second-order valence-electron chi connectivity index (χ2n) is 17.1. The van der Waals surface area contributed by atoms with Crippen molar-refractivity contribution in [1.29, 1.82) is 0 Å². The van der Waals surface area contributed by atoms with Gasteiger partial charge in [0.25, 0.3) is 0 Å². The second kappa shape index (κ2) is 14.3. The molecule has 7 aromatic rings. The summed E-state index contributed by atoms with van der Waals surface area (Å²) >= 11 is 0. The number of pyridine rings is 1. The van der Waals surface area contributed by atoms with Crippen molar-refractivity contribution in [3.05, 3.63) is 150 Å². The van der Waals surface area contributed by atoms with Crippen molar-refractivity contribution in [2.24, 2.45) is 0 Å². The van der Waals surface area contributed by atoms with Gasteiger partial charge in [-0.1, -0.05) is 91.2 Å². The predicted molar refractivity (Wildman–Crippen MR) is 225 cm³/mol. The number of nitrogens with zero attached hydrogens (tertiary/aromatic N) is 4. The van der Waals surface area contributed by atoms with Crippen LogP contribution in [0.1, 0.15) is 89.1 Å². The Morgan fingerprint density at radius 3 is 2.07 bits per heavy atom. The van der Waals surface area contributed by atoms with Crippen LogP contribution in [0.3, 0.4) is 0 Å². The fourth-order valence-electron chi connectivity index (χ4n) is 7.30. The first-order chi connectivity index (χ1) is 25.7. The van der Waals surface area contributed by atoms with E-state index in [1.165, 1.54) is 27.8 Å². The van der Waals surface area contributed by atoms with E-state index >= 15 is 0 Å². The van der Waals surface area contributed by atoms with Gasteiger partial charge in [-0.05, 0) is 101 Å². The van der Waals surface area contributed by atoms with E-state index in [4.69, 9.17) is 9.72 Å². The minimum absolute atomic E-state index is 0. The summed E-state index contributed by atoms with van der Waals surface area (Å²) in [5.74, 6) is 2.41. The van der Waals surface area contributed by atoms with E-state index in [2.05, 4.69) is 193 Å². The van der Waals surface area contributed by atoms with Crippen LogP contribution >= 0.6 is 0 Å². The van der Waals surface area contributed by atoms with E-state index in [1.807, 2.05) is 12.3 Å². The van der Waals surface area contributed by atoms with Crippen LogP contribution in [0.5, 0.6) is 11.5 Å². The molecular formula is C49H49N4OPt-3. The van der Waals surface area contributed by atoms with Gasteiger partial charge in [-0.15, -0.1) is 53.6 Å². The molecule has 0 amide bonds. The molecule has 3 heterocycles. The van der Waals surface area contributed by atoms with Gasteiger partial charge in [-0.25, -0.2) is 4.98 Å². The van der Waals surface area contributed by atoms with Gasteiger partial charge in [0.15, 0.2) is 0 Å². The molecule has 0 radical (unpaired) electrons. The molecule has 0 aliphatic carbocycles. The first-order valence-corrected chi connectivity index (χ1v) is 19.0. The molecule has 0 saturated heterocycles. The third-order valence-electron chi connectivity index (χ3n) is 10.7. The van der Waals surface area contributed by atoms with E-state index in [9.17, 15) is 0 Å². The molecule has 0 spiro atoms. The van der Waals surface area contributed by atoms with E-state index in [-0.39, 0.29) is 37.8 Å². The fourth-order valence-corrected chi connectivity index (χ4v) is 7.30. The molecule has 1 aliphatic rings. The zero-order valence-corrected chi connectivity index (χ0v) is 35.8. The average molecular weight is 905 g/mol. The van der Waals surface area contributed by atoms with Crippen LogP contribution in [0.4, 0.5) is 22.7 Å². The van der Waals surface area contributed by atoms with Gasteiger partial charge in [-0.3, -0.25) is 0 Å². The Bertz CT molecular complexity index is 2550. The number of benzene rings is 5. The summed E-state index contributed by atoms with van der Waals surface area (Å²) in [6.45, 7) is 24.5. The molecule has 0 saturated carbocycles. The molecule has 0 N–H and O–H groups in total. The second-order valence-corrected chi connectivity index (χ2v) is 17.1. The first kappa shape index (κ1) is 38.4. The number of anilines is 4. The molecule has 284 valence electrons. The standard InChI is InChI=1S/C49H49N4O.Pt/c1-31(2)34-24-38(52-30-51(45-22-32(3)33(4)23-46(45)52)37-15-13-14-35(26-37)48(5,6)7)28-40(25-34)54-39-18-19-42-41-16-11-12-17-43(41)53(44(42)29-39)47-27-36(20-21-50-47)49(8,9)10;/h11-27,30-31H,1-10H3;/q-3;. The van der Waals surface area contributed by atoms with Crippen molar-refractivity contribution in [3.8, 4) is 17.3 Å². The summed E-state index contributed by atoms with van der Waals surface area (Å²) in [7, 11) is 0. The summed E-state index contributed by atoms with van der Waals surface area (Å²) < 4.78 is 8.94. The molecule has 0 fully saturated rings. The average Bonchev–Trinajstić information content (AvgIpc) is 3.66. The number of aryl methyl sites for hydroxylation is 2. The van der Waals surface area contributed by atoms with E-state index < -0.39 is 0 Å². The molecule has 5 nitrogen and oxygen atoms in total. The van der Waals surface area contributed by atoms with Crippen molar-refractivity contribution in [3.63, 3.8) is 0 Å². The van der Waals surface area contributed by atoms with Crippen LogP contribution in [-0.2, 0) is 31.9 Å². The Hall–Kier alpha value is -4.86. The molecule has 2 aromatic heterocycles. The third-order valence-corrected chi connectivity index (χ3v) is 10.7. The van der Waals surface area contributed by atoms with Crippen LogP contribution in [0.15, 0.2) is 103 Å².